The number of aromatic nitrogens is 2. The van der Waals surface area contributed by atoms with Crippen LogP contribution in [-0.4, -0.2) is 27.7 Å². The van der Waals surface area contributed by atoms with Crippen molar-refractivity contribution in [3.8, 4) is 0 Å². The second-order valence-electron chi connectivity index (χ2n) is 4.29. The van der Waals surface area contributed by atoms with Gasteiger partial charge in [-0.15, -0.1) is 0 Å². The van der Waals surface area contributed by atoms with Gasteiger partial charge in [-0.05, 0) is 18.9 Å². The molecule has 0 aliphatic heterocycles. The van der Waals surface area contributed by atoms with Crippen molar-refractivity contribution in [3.05, 3.63) is 12.3 Å². The van der Waals surface area contributed by atoms with Crippen molar-refractivity contribution in [2.75, 3.05) is 17.6 Å². The van der Waals surface area contributed by atoms with Crippen molar-refractivity contribution < 1.29 is 5.11 Å². The number of hydrogen-bond donors (Lipinski definition) is 3. The van der Waals surface area contributed by atoms with Gasteiger partial charge in [-0.2, -0.15) is 4.98 Å². The quantitative estimate of drug-likeness (QED) is 0.711. The molecular weight excluding hydrogens is 204 g/mol. The second kappa shape index (κ2) is 5.12. The van der Waals surface area contributed by atoms with E-state index in [9.17, 15) is 5.11 Å². The Labute approximate surface area is 95.1 Å². The van der Waals surface area contributed by atoms with Crippen LogP contribution in [0.15, 0.2) is 12.3 Å². The predicted octanol–water partition coefficient (Wildman–Crippen LogP) is 1.02. The SMILES string of the molecule is Nc1nccc(NCC2CCCCC2O)n1. The van der Waals surface area contributed by atoms with Crippen molar-refractivity contribution >= 4 is 11.8 Å². The maximum atomic E-state index is 9.80. The number of rotatable bonds is 3. The third-order valence-electron chi connectivity index (χ3n) is 3.09. The highest BCUT2D eigenvalue weighted by atomic mass is 16.3. The van der Waals surface area contributed by atoms with E-state index in [1.807, 2.05) is 0 Å². The maximum absolute atomic E-state index is 9.80. The minimum atomic E-state index is -0.180. The van der Waals surface area contributed by atoms with E-state index < -0.39 is 0 Å². The lowest BCUT2D eigenvalue weighted by Gasteiger charge is -2.27. The zero-order chi connectivity index (χ0) is 11.4. The molecule has 2 atom stereocenters. The molecule has 16 heavy (non-hydrogen) atoms. The van der Waals surface area contributed by atoms with Gasteiger partial charge in [0.25, 0.3) is 0 Å². The van der Waals surface area contributed by atoms with Gasteiger partial charge < -0.3 is 16.2 Å². The molecule has 0 aromatic carbocycles. The number of hydrogen-bond acceptors (Lipinski definition) is 5. The monoisotopic (exact) mass is 222 g/mol. The van der Waals surface area contributed by atoms with Crippen molar-refractivity contribution in [3.63, 3.8) is 0 Å². The van der Waals surface area contributed by atoms with Crippen molar-refractivity contribution in [2.45, 2.75) is 31.8 Å². The van der Waals surface area contributed by atoms with E-state index in [1.54, 1.807) is 12.3 Å². The number of aliphatic hydroxyl groups excluding tert-OH is 1. The lowest BCUT2D eigenvalue weighted by atomic mass is 9.86. The molecule has 1 saturated carbocycles. The molecule has 0 spiro atoms. The van der Waals surface area contributed by atoms with Crippen LogP contribution in [0.4, 0.5) is 11.8 Å². The number of nitrogen functional groups attached to an aromatic ring is 1. The van der Waals surface area contributed by atoms with E-state index in [2.05, 4.69) is 15.3 Å². The highest BCUT2D eigenvalue weighted by molar-refractivity contribution is 5.37. The summed E-state index contributed by atoms with van der Waals surface area (Å²) < 4.78 is 0. The third-order valence-corrected chi connectivity index (χ3v) is 3.09. The minimum absolute atomic E-state index is 0.180. The fraction of sp³-hybridized carbons (Fsp3) is 0.636. The van der Waals surface area contributed by atoms with Crippen LogP contribution in [0, 0.1) is 5.92 Å². The Bertz CT molecular complexity index is 345. The standard InChI is InChI=1S/C11H18N4O/c12-11-13-6-5-10(15-11)14-7-8-3-1-2-4-9(8)16/h5-6,8-9,16H,1-4,7H2,(H3,12,13,14,15). The molecule has 5 nitrogen and oxygen atoms in total. The van der Waals surface area contributed by atoms with E-state index in [4.69, 9.17) is 5.73 Å². The molecule has 1 heterocycles. The topological polar surface area (TPSA) is 84.1 Å². The lowest BCUT2D eigenvalue weighted by Crippen LogP contribution is -2.30. The number of anilines is 2. The summed E-state index contributed by atoms with van der Waals surface area (Å²) >= 11 is 0. The fourth-order valence-corrected chi connectivity index (χ4v) is 2.13. The van der Waals surface area contributed by atoms with Crippen LogP contribution >= 0.6 is 0 Å². The number of nitrogens with zero attached hydrogens (tertiary/aromatic N) is 2. The van der Waals surface area contributed by atoms with Crippen LogP contribution in [0.5, 0.6) is 0 Å². The van der Waals surface area contributed by atoms with E-state index >= 15 is 0 Å². The van der Waals surface area contributed by atoms with Crippen molar-refractivity contribution in [2.24, 2.45) is 5.92 Å². The van der Waals surface area contributed by atoms with E-state index in [-0.39, 0.29) is 12.1 Å². The zero-order valence-electron chi connectivity index (χ0n) is 9.26. The molecule has 2 unspecified atom stereocenters. The number of nitrogens with one attached hydrogen (secondary N) is 1. The lowest BCUT2D eigenvalue weighted by molar-refractivity contribution is 0.0763. The van der Waals surface area contributed by atoms with Gasteiger partial charge in [0, 0.05) is 18.7 Å². The molecular formula is C11H18N4O. The minimum Gasteiger partial charge on any atom is -0.393 e. The van der Waals surface area contributed by atoms with E-state index in [0.29, 0.717) is 5.92 Å². The molecule has 1 aliphatic carbocycles. The number of aliphatic hydroxyl groups is 1. The molecule has 5 heteroatoms. The largest absolute Gasteiger partial charge is 0.393 e. The summed E-state index contributed by atoms with van der Waals surface area (Å²) in [7, 11) is 0. The van der Waals surface area contributed by atoms with Gasteiger partial charge in [0.2, 0.25) is 5.95 Å². The Morgan fingerprint density at radius 2 is 2.25 bits per heavy atom. The molecule has 4 N–H and O–H groups in total. The molecule has 0 bridgehead atoms. The normalized spacial score (nSPS) is 25.3. The van der Waals surface area contributed by atoms with E-state index in [1.165, 1.54) is 6.42 Å². The predicted molar refractivity (Wildman–Crippen MR) is 62.9 cm³/mol. The Hall–Kier alpha value is -1.36. The van der Waals surface area contributed by atoms with Crippen LogP contribution < -0.4 is 11.1 Å². The molecule has 2 rings (SSSR count). The molecule has 1 aromatic heterocycles. The first kappa shape index (κ1) is 11.1. The Balaban J connectivity index is 1.86. The highest BCUT2D eigenvalue weighted by Crippen LogP contribution is 2.24. The molecule has 1 fully saturated rings. The Kier molecular flexibility index (Phi) is 3.56. The maximum Gasteiger partial charge on any atom is 0.221 e. The van der Waals surface area contributed by atoms with Crippen LogP contribution in [0.3, 0.4) is 0 Å². The third kappa shape index (κ3) is 2.82. The highest BCUT2D eigenvalue weighted by Gasteiger charge is 2.22. The first-order valence-corrected chi connectivity index (χ1v) is 5.76. The second-order valence-corrected chi connectivity index (χ2v) is 4.29. The van der Waals surface area contributed by atoms with Crippen LogP contribution in [0.1, 0.15) is 25.7 Å². The average molecular weight is 222 g/mol. The van der Waals surface area contributed by atoms with E-state index in [0.717, 1.165) is 31.6 Å². The van der Waals surface area contributed by atoms with Gasteiger partial charge in [0.1, 0.15) is 5.82 Å². The first-order chi connectivity index (χ1) is 7.75. The molecule has 0 saturated heterocycles. The summed E-state index contributed by atoms with van der Waals surface area (Å²) in [5, 5.41) is 13.0. The summed E-state index contributed by atoms with van der Waals surface area (Å²) in [4.78, 5) is 7.88. The van der Waals surface area contributed by atoms with Crippen molar-refractivity contribution in [1.82, 2.24) is 9.97 Å². The summed E-state index contributed by atoms with van der Waals surface area (Å²) in [6.07, 6.45) is 5.78. The summed E-state index contributed by atoms with van der Waals surface area (Å²) in [6, 6.07) is 1.78. The summed E-state index contributed by atoms with van der Waals surface area (Å²) in [6.45, 7) is 0.748. The van der Waals surface area contributed by atoms with Gasteiger partial charge in [0.05, 0.1) is 6.10 Å². The van der Waals surface area contributed by atoms with Gasteiger partial charge in [0.15, 0.2) is 0 Å². The molecule has 88 valence electrons. The first-order valence-electron chi connectivity index (χ1n) is 5.76. The zero-order valence-corrected chi connectivity index (χ0v) is 9.26. The Morgan fingerprint density at radius 3 is 3.00 bits per heavy atom. The molecule has 0 amide bonds. The molecule has 1 aromatic rings. The number of nitrogens with two attached hydrogens (primary N) is 1. The van der Waals surface area contributed by atoms with Crippen LogP contribution in [-0.2, 0) is 0 Å². The van der Waals surface area contributed by atoms with Crippen LogP contribution in [0.25, 0.3) is 0 Å². The summed E-state index contributed by atoms with van der Waals surface area (Å²) in [5.74, 6) is 1.32. The van der Waals surface area contributed by atoms with Gasteiger partial charge in [-0.3, -0.25) is 0 Å². The van der Waals surface area contributed by atoms with Crippen LogP contribution in [0.2, 0.25) is 0 Å². The average Bonchev–Trinajstić information content (AvgIpc) is 2.28. The smallest absolute Gasteiger partial charge is 0.221 e. The van der Waals surface area contributed by atoms with Crippen molar-refractivity contribution in [1.29, 1.82) is 0 Å². The fourth-order valence-electron chi connectivity index (χ4n) is 2.13. The van der Waals surface area contributed by atoms with Gasteiger partial charge in [-0.1, -0.05) is 12.8 Å². The summed E-state index contributed by atoms with van der Waals surface area (Å²) in [5.41, 5.74) is 5.48. The van der Waals surface area contributed by atoms with Gasteiger partial charge in [-0.25, -0.2) is 4.98 Å². The molecule has 1 aliphatic rings. The van der Waals surface area contributed by atoms with Gasteiger partial charge >= 0.3 is 0 Å². The Morgan fingerprint density at radius 1 is 1.44 bits per heavy atom. The molecule has 0 radical (unpaired) electrons.